The highest BCUT2D eigenvalue weighted by atomic mass is 35.5. The molecule has 23 heavy (non-hydrogen) atoms. The predicted octanol–water partition coefficient (Wildman–Crippen LogP) is 3.22. The number of nitrogens with zero attached hydrogens (tertiary/aromatic N) is 1. The monoisotopic (exact) mass is 331 g/mol. The molecule has 0 unspecified atom stereocenters. The van der Waals surface area contributed by atoms with Crippen molar-refractivity contribution in [2.75, 3.05) is 11.5 Å². The van der Waals surface area contributed by atoms with Gasteiger partial charge in [-0.15, -0.1) is 0 Å². The quantitative estimate of drug-likeness (QED) is 0.937. The third-order valence-electron chi connectivity index (χ3n) is 3.65. The summed E-state index contributed by atoms with van der Waals surface area (Å²) < 4.78 is 5.59. The standard InChI is InChI=1S/C17H14ClNO4/c18-13-6-2-1-5-12(13)17(22)19-11(9-16(20)21)10-23-15-8-4-3-7-14(15)19/h1-8,11H,9-10H2,(H,20,21)/t11-/m0/s1. The van der Waals surface area contributed by atoms with E-state index in [1.807, 2.05) is 0 Å². The molecular weight excluding hydrogens is 318 g/mol. The van der Waals surface area contributed by atoms with Gasteiger partial charge in [-0.2, -0.15) is 0 Å². The number of carbonyl (C=O) groups is 2. The minimum Gasteiger partial charge on any atom is -0.489 e. The average molecular weight is 332 g/mol. The highest BCUT2D eigenvalue weighted by Gasteiger charge is 2.34. The normalized spacial score (nSPS) is 16.4. The summed E-state index contributed by atoms with van der Waals surface area (Å²) in [4.78, 5) is 25.6. The summed E-state index contributed by atoms with van der Waals surface area (Å²) in [6, 6.07) is 13.2. The first-order valence-corrected chi connectivity index (χ1v) is 7.47. The molecule has 2 aromatic rings. The van der Waals surface area contributed by atoms with Gasteiger partial charge in [0.25, 0.3) is 5.91 Å². The Morgan fingerprint density at radius 2 is 1.87 bits per heavy atom. The molecule has 3 rings (SSSR count). The van der Waals surface area contributed by atoms with Crippen molar-refractivity contribution in [3.8, 4) is 5.75 Å². The maximum absolute atomic E-state index is 13.0. The van der Waals surface area contributed by atoms with Crippen molar-refractivity contribution in [1.82, 2.24) is 0 Å². The second-order valence-electron chi connectivity index (χ2n) is 5.19. The lowest BCUT2D eigenvalue weighted by Gasteiger charge is -2.36. The molecule has 1 atom stereocenters. The molecule has 0 spiro atoms. The number of para-hydroxylation sites is 2. The van der Waals surface area contributed by atoms with Crippen LogP contribution in [0.1, 0.15) is 16.8 Å². The largest absolute Gasteiger partial charge is 0.489 e. The minimum atomic E-state index is -0.991. The number of carboxylic acids is 1. The summed E-state index contributed by atoms with van der Waals surface area (Å²) >= 11 is 6.12. The van der Waals surface area contributed by atoms with E-state index in [1.165, 1.54) is 4.90 Å². The van der Waals surface area contributed by atoms with Crippen LogP contribution in [0.15, 0.2) is 48.5 Å². The number of benzene rings is 2. The van der Waals surface area contributed by atoms with Crippen LogP contribution in [-0.4, -0.2) is 29.6 Å². The third kappa shape index (κ3) is 3.00. The molecule has 5 nitrogen and oxygen atoms in total. The van der Waals surface area contributed by atoms with Gasteiger partial charge in [-0.25, -0.2) is 0 Å². The van der Waals surface area contributed by atoms with Crippen molar-refractivity contribution >= 4 is 29.2 Å². The summed E-state index contributed by atoms with van der Waals surface area (Å²) in [5.74, 6) is -0.776. The molecule has 0 fully saturated rings. The molecule has 0 aliphatic carbocycles. The number of aliphatic carboxylic acids is 1. The Kier molecular flexibility index (Phi) is 4.21. The van der Waals surface area contributed by atoms with Crippen LogP contribution < -0.4 is 9.64 Å². The van der Waals surface area contributed by atoms with Gasteiger partial charge in [0.1, 0.15) is 12.4 Å². The van der Waals surface area contributed by atoms with E-state index in [9.17, 15) is 9.59 Å². The summed E-state index contributed by atoms with van der Waals surface area (Å²) in [5, 5.41) is 9.45. The maximum atomic E-state index is 13.0. The molecule has 0 saturated carbocycles. The molecule has 0 radical (unpaired) electrons. The Morgan fingerprint density at radius 3 is 2.61 bits per heavy atom. The number of anilines is 1. The van der Waals surface area contributed by atoms with Crippen LogP contribution >= 0.6 is 11.6 Å². The number of hydrogen-bond acceptors (Lipinski definition) is 3. The average Bonchev–Trinajstić information content (AvgIpc) is 2.54. The van der Waals surface area contributed by atoms with Crippen LogP contribution in [0, 0.1) is 0 Å². The number of amides is 1. The van der Waals surface area contributed by atoms with Gasteiger partial charge < -0.3 is 9.84 Å². The van der Waals surface area contributed by atoms with Crippen LogP contribution in [-0.2, 0) is 4.79 Å². The van der Waals surface area contributed by atoms with E-state index in [-0.39, 0.29) is 18.9 Å². The Balaban J connectivity index is 2.05. The van der Waals surface area contributed by atoms with E-state index < -0.39 is 12.0 Å². The highest BCUT2D eigenvalue weighted by Crippen LogP contribution is 2.36. The van der Waals surface area contributed by atoms with Crippen molar-refractivity contribution < 1.29 is 19.4 Å². The molecule has 2 aromatic carbocycles. The van der Waals surface area contributed by atoms with Crippen molar-refractivity contribution in [2.45, 2.75) is 12.5 Å². The zero-order chi connectivity index (χ0) is 16.4. The van der Waals surface area contributed by atoms with Crippen LogP contribution in [0.4, 0.5) is 5.69 Å². The Morgan fingerprint density at radius 1 is 1.17 bits per heavy atom. The smallest absolute Gasteiger partial charge is 0.305 e. The molecule has 0 bridgehead atoms. The first-order valence-electron chi connectivity index (χ1n) is 7.09. The first kappa shape index (κ1) is 15.4. The van der Waals surface area contributed by atoms with E-state index >= 15 is 0 Å². The van der Waals surface area contributed by atoms with Gasteiger partial charge in [-0.1, -0.05) is 35.9 Å². The molecule has 6 heteroatoms. The number of carbonyl (C=O) groups excluding carboxylic acids is 1. The maximum Gasteiger partial charge on any atom is 0.305 e. The lowest BCUT2D eigenvalue weighted by molar-refractivity contribution is -0.137. The van der Waals surface area contributed by atoms with Crippen LogP contribution in [0.3, 0.4) is 0 Å². The lowest BCUT2D eigenvalue weighted by Crippen LogP contribution is -2.48. The topological polar surface area (TPSA) is 66.8 Å². The van der Waals surface area contributed by atoms with Crippen molar-refractivity contribution in [3.05, 3.63) is 59.1 Å². The van der Waals surface area contributed by atoms with E-state index in [4.69, 9.17) is 21.4 Å². The van der Waals surface area contributed by atoms with Gasteiger partial charge in [0.05, 0.1) is 28.7 Å². The second kappa shape index (κ2) is 6.30. The van der Waals surface area contributed by atoms with Gasteiger partial charge in [0, 0.05) is 0 Å². The Hall–Kier alpha value is -2.53. The highest BCUT2D eigenvalue weighted by molar-refractivity contribution is 6.34. The first-order chi connectivity index (χ1) is 11.1. The SMILES string of the molecule is O=C(O)C[C@H]1COc2ccccc2N1C(=O)c1ccccc1Cl. The summed E-state index contributed by atoms with van der Waals surface area (Å²) in [6.45, 7) is 0.125. The molecule has 0 saturated heterocycles. The van der Waals surface area contributed by atoms with Crippen molar-refractivity contribution in [3.63, 3.8) is 0 Å². The Bertz CT molecular complexity index is 762. The molecule has 118 valence electrons. The van der Waals surface area contributed by atoms with Crippen LogP contribution in [0.2, 0.25) is 5.02 Å². The molecular formula is C17H14ClNO4. The number of halogens is 1. The zero-order valence-electron chi connectivity index (χ0n) is 12.1. The lowest BCUT2D eigenvalue weighted by atomic mass is 10.1. The van der Waals surface area contributed by atoms with Gasteiger partial charge in [0.2, 0.25) is 0 Å². The third-order valence-corrected chi connectivity index (χ3v) is 3.98. The van der Waals surface area contributed by atoms with E-state index in [0.717, 1.165) is 0 Å². The number of ether oxygens (including phenoxy) is 1. The van der Waals surface area contributed by atoms with Crippen molar-refractivity contribution in [1.29, 1.82) is 0 Å². The fourth-order valence-electron chi connectivity index (χ4n) is 2.63. The summed E-state index contributed by atoms with van der Waals surface area (Å²) in [7, 11) is 0. The molecule has 1 N–H and O–H groups in total. The zero-order valence-corrected chi connectivity index (χ0v) is 12.9. The van der Waals surface area contributed by atoms with Crippen LogP contribution in [0.25, 0.3) is 0 Å². The number of carboxylic acid groups (broad SMARTS) is 1. The Labute approximate surface area is 138 Å². The number of hydrogen-bond donors (Lipinski definition) is 1. The van der Waals surface area contributed by atoms with Crippen LogP contribution in [0.5, 0.6) is 5.75 Å². The number of rotatable bonds is 3. The van der Waals surface area contributed by atoms with E-state index in [1.54, 1.807) is 48.5 Å². The fraction of sp³-hybridized carbons (Fsp3) is 0.176. The number of fused-ring (bicyclic) bond motifs is 1. The molecule has 1 amide bonds. The van der Waals surface area contributed by atoms with Gasteiger partial charge in [-0.3, -0.25) is 14.5 Å². The van der Waals surface area contributed by atoms with Gasteiger partial charge >= 0.3 is 5.97 Å². The summed E-state index contributed by atoms with van der Waals surface area (Å²) in [5.41, 5.74) is 0.885. The fourth-order valence-corrected chi connectivity index (χ4v) is 2.84. The van der Waals surface area contributed by atoms with E-state index in [0.29, 0.717) is 22.0 Å². The van der Waals surface area contributed by atoms with E-state index in [2.05, 4.69) is 0 Å². The van der Waals surface area contributed by atoms with Crippen molar-refractivity contribution in [2.24, 2.45) is 0 Å². The summed E-state index contributed by atoms with van der Waals surface area (Å²) in [6.07, 6.45) is -0.204. The molecule has 1 aliphatic heterocycles. The molecule has 0 aromatic heterocycles. The molecule has 1 heterocycles. The second-order valence-corrected chi connectivity index (χ2v) is 5.59. The predicted molar refractivity (Wildman–Crippen MR) is 86.2 cm³/mol. The minimum absolute atomic E-state index is 0.125. The van der Waals surface area contributed by atoms with Gasteiger partial charge in [0.15, 0.2) is 0 Å². The van der Waals surface area contributed by atoms with Gasteiger partial charge in [-0.05, 0) is 24.3 Å². The molecule has 1 aliphatic rings.